The average molecular weight is 431 g/mol. The summed E-state index contributed by atoms with van der Waals surface area (Å²) < 4.78 is 45.4. The molecule has 1 saturated heterocycles. The van der Waals surface area contributed by atoms with Crippen molar-refractivity contribution in [3.05, 3.63) is 77.4 Å². The minimum absolute atomic E-state index is 0.0364. The molecular weight excluding hydrogens is 398 g/mol. The fraction of sp³-hybridized carbons (Fsp3) is 0.462. The molecule has 2 unspecified atom stereocenters. The predicted octanol–water partition coefficient (Wildman–Crippen LogP) is 6.70. The first-order valence-corrected chi connectivity index (χ1v) is 11.1. The van der Waals surface area contributed by atoms with Gasteiger partial charge in [-0.3, -0.25) is 0 Å². The van der Waals surface area contributed by atoms with Crippen molar-refractivity contribution < 1.29 is 23.0 Å². The van der Waals surface area contributed by atoms with Gasteiger partial charge in [-0.15, -0.1) is 6.58 Å². The summed E-state index contributed by atoms with van der Waals surface area (Å²) in [5, 5.41) is 0. The largest absolute Gasteiger partial charge is 0.490 e. The summed E-state index contributed by atoms with van der Waals surface area (Å²) in [4.78, 5) is 0. The van der Waals surface area contributed by atoms with Gasteiger partial charge in [-0.2, -0.15) is 4.39 Å². The molecule has 2 aromatic carbocycles. The van der Waals surface area contributed by atoms with Crippen LogP contribution < -0.4 is 4.74 Å². The third-order valence-electron chi connectivity index (χ3n) is 5.63. The van der Waals surface area contributed by atoms with Gasteiger partial charge in [0.05, 0.1) is 19.8 Å². The topological polar surface area (TPSA) is 27.7 Å². The summed E-state index contributed by atoms with van der Waals surface area (Å²) in [6.07, 6.45) is 6.87. The first kappa shape index (κ1) is 23.4. The molecule has 0 N–H and O–H groups in total. The van der Waals surface area contributed by atoms with Crippen molar-refractivity contribution in [1.82, 2.24) is 0 Å². The van der Waals surface area contributed by atoms with Crippen molar-refractivity contribution >= 4 is 0 Å². The summed E-state index contributed by atoms with van der Waals surface area (Å²) in [5.41, 5.74) is 2.73. The number of halogens is 2. The SMILES string of the molecule is C=CCCc1ccc(C2CCC(OCc3ccc(OCCCC)c(F)c3F)OC2)cc1. The van der Waals surface area contributed by atoms with E-state index in [1.54, 1.807) is 0 Å². The van der Waals surface area contributed by atoms with E-state index in [9.17, 15) is 8.78 Å². The van der Waals surface area contributed by atoms with Crippen LogP contribution in [0.15, 0.2) is 49.1 Å². The first-order chi connectivity index (χ1) is 15.1. The van der Waals surface area contributed by atoms with E-state index >= 15 is 0 Å². The summed E-state index contributed by atoms with van der Waals surface area (Å²) in [5.74, 6) is -1.61. The molecule has 3 nitrogen and oxygen atoms in total. The van der Waals surface area contributed by atoms with E-state index in [-0.39, 0.29) is 17.9 Å². The molecule has 31 heavy (non-hydrogen) atoms. The number of allylic oxidation sites excluding steroid dienone is 1. The normalized spacial score (nSPS) is 18.7. The third kappa shape index (κ3) is 6.62. The molecule has 0 saturated carbocycles. The van der Waals surface area contributed by atoms with Gasteiger partial charge in [0.25, 0.3) is 0 Å². The Balaban J connectivity index is 1.47. The van der Waals surface area contributed by atoms with Gasteiger partial charge in [-0.1, -0.05) is 43.7 Å². The zero-order chi connectivity index (χ0) is 22.1. The zero-order valence-electron chi connectivity index (χ0n) is 18.2. The van der Waals surface area contributed by atoms with E-state index in [1.165, 1.54) is 23.3 Å². The van der Waals surface area contributed by atoms with Crippen LogP contribution in [-0.2, 0) is 22.5 Å². The van der Waals surface area contributed by atoms with Gasteiger partial charge >= 0.3 is 0 Å². The van der Waals surface area contributed by atoms with Gasteiger partial charge in [0.2, 0.25) is 5.82 Å². The summed E-state index contributed by atoms with van der Waals surface area (Å²) >= 11 is 0. The van der Waals surface area contributed by atoms with Crippen LogP contribution in [0.3, 0.4) is 0 Å². The molecule has 1 fully saturated rings. The monoisotopic (exact) mass is 430 g/mol. The van der Waals surface area contributed by atoms with Crippen LogP contribution in [0.2, 0.25) is 0 Å². The number of hydrogen-bond donors (Lipinski definition) is 0. The second-order valence-corrected chi connectivity index (χ2v) is 7.97. The Morgan fingerprint density at radius 1 is 1.10 bits per heavy atom. The second-order valence-electron chi connectivity index (χ2n) is 7.97. The molecule has 0 amide bonds. The van der Waals surface area contributed by atoms with Crippen LogP contribution in [-0.4, -0.2) is 19.5 Å². The van der Waals surface area contributed by atoms with E-state index in [4.69, 9.17) is 14.2 Å². The van der Waals surface area contributed by atoms with Gasteiger partial charge < -0.3 is 14.2 Å². The molecule has 5 heteroatoms. The first-order valence-electron chi connectivity index (χ1n) is 11.1. The Labute approximate surface area is 184 Å². The molecule has 2 aromatic rings. The third-order valence-corrected chi connectivity index (χ3v) is 5.63. The highest BCUT2D eigenvalue weighted by Crippen LogP contribution is 2.30. The maximum atomic E-state index is 14.3. The molecule has 2 atom stereocenters. The van der Waals surface area contributed by atoms with Gasteiger partial charge in [0.1, 0.15) is 0 Å². The van der Waals surface area contributed by atoms with Crippen LogP contribution in [0.1, 0.15) is 61.6 Å². The Morgan fingerprint density at radius 2 is 1.90 bits per heavy atom. The lowest BCUT2D eigenvalue weighted by atomic mass is 9.92. The maximum absolute atomic E-state index is 14.3. The molecule has 0 radical (unpaired) electrons. The lowest BCUT2D eigenvalue weighted by Gasteiger charge is -2.29. The quantitative estimate of drug-likeness (QED) is 0.293. The van der Waals surface area contributed by atoms with E-state index in [0.29, 0.717) is 25.6 Å². The number of benzene rings is 2. The van der Waals surface area contributed by atoms with Crippen LogP contribution in [0.4, 0.5) is 8.78 Å². The van der Waals surface area contributed by atoms with Crippen LogP contribution in [0.25, 0.3) is 0 Å². The maximum Gasteiger partial charge on any atom is 0.200 e. The minimum atomic E-state index is -0.960. The van der Waals surface area contributed by atoms with Crippen molar-refractivity contribution in [2.24, 2.45) is 0 Å². The molecule has 0 bridgehead atoms. The van der Waals surface area contributed by atoms with Gasteiger partial charge in [-0.25, -0.2) is 4.39 Å². The Kier molecular flexibility index (Phi) is 9.04. The highest BCUT2D eigenvalue weighted by Gasteiger charge is 2.24. The number of unbranched alkanes of at least 4 members (excludes halogenated alkanes) is 1. The zero-order valence-corrected chi connectivity index (χ0v) is 18.2. The van der Waals surface area contributed by atoms with Crippen LogP contribution in [0.5, 0.6) is 5.75 Å². The Morgan fingerprint density at radius 3 is 2.58 bits per heavy atom. The molecule has 168 valence electrons. The molecule has 0 aromatic heterocycles. The van der Waals surface area contributed by atoms with Crippen molar-refractivity contribution in [3.8, 4) is 5.75 Å². The Bertz CT molecular complexity index is 827. The average Bonchev–Trinajstić information content (AvgIpc) is 2.81. The lowest BCUT2D eigenvalue weighted by Crippen LogP contribution is -2.27. The van der Waals surface area contributed by atoms with E-state index in [1.807, 2.05) is 13.0 Å². The van der Waals surface area contributed by atoms with E-state index in [2.05, 4.69) is 30.8 Å². The fourth-order valence-corrected chi connectivity index (χ4v) is 3.65. The number of ether oxygens (including phenoxy) is 3. The molecule has 1 heterocycles. The van der Waals surface area contributed by atoms with Crippen molar-refractivity contribution in [1.29, 1.82) is 0 Å². The minimum Gasteiger partial charge on any atom is -0.490 e. The van der Waals surface area contributed by atoms with Gasteiger partial charge in [0, 0.05) is 11.5 Å². The molecular formula is C26H32F2O3. The van der Waals surface area contributed by atoms with Gasteiger partial charge in [-0.05, 0) is 55.4 Å². The number of aryl methyl sites for hydroxylation is 1. The van der Waals surface area contributed by atoms with Crippen molar-refractivity contribution in [2.45, 2.75) is 64.3 Å². The van der Waals surface area contributed by atoms with Crippen LogP contribution in [0, 0.1) is 11.6 Å². The highest BCUT2D eigenvalue weighted by molar-refractivity contribution is 5.31. The van der Waals surface area contributed by atoms with Crippen LogP contribution >= 0.6 is 0 Å². The molecule has 0 spiro atoms. The Hall–Kier alpha value is -2.24. The second kappa shape index (κ2) is 12.0. The predicted molar refractivity (Wildman–Crippen MR) is 118 cm³/mol. The standard InChI is InChI=1S/C26H32F2O3/c1-3-5-7-19-8-10-20(11-9-19)21-13-15-24(30-17-21)31-18-22-12-14-23(26(28)25(22)27)29-16-6-4-2/h3,8-12,14,21,24H,1,4-7,13,15-18H2,2H3. The molecule has 1 aliphatic heterocycles. The number of hydrogen-bond acceptors (Lipinski definition) is 3. The smallest absolute Gasteiger partial charge is 0.200 e. The van der Waals surface area contributed by atoms with E-state index < -0.39 is 17.9 Å². The van der Waals surface area contributed by atoms with Gasteiger partial charge in [0.15, 0.2) is 17.9 Å². The van der Waals surface area contributed by atoms with Crippen molar-refractivity contribution in [3.63, 3.8) is 0 Å². The van der Waals surface area contributed by atoms with E-state index in [0.717, 1.165) is 32.1 Å². The van der Waals surface area contributed by atoms with Crippen molar-refractivity contribution in [2.75, 3.05) is 13.2 Å². The molecule has 3 rings (SSSR count). The molecule has 1 aliphatic rings. The summed E-state index contributed by atoms with van der Waals surface area (Å²) in [7, 11) is 0. The molecule has 0 aliphatic carbocycles. The fourth-order valence-electron chi connectivity index (χ4n) is 3.65. The summed E-state index contributed by atoms with van der Waals surface area (Å²) in [6, 6.07) is 11.6. The lowest BCUT2D eigenvalue weighted by molar-refractivity contribution is -0.174. The number of rotatable bonds is 11. The highest BCUT2D eigenvalue weighted by atomic mass is 19.2. The summed E-state index contributed by atoms with van der Waals surface area (Å²) in [6.45, 7) is 6.66.